The van der Waals surface area contributed by atoms with Crippen molar-refractivity contribution in [3.05, 3.63) is 35.4 Å². The maximum atomic E-state index is 11.8. The highest BCUT2D eigenvalue weighted by atomic mass is 16.5. The van der Waals surface area contributed by atoms with E-state index >= 15 is 0 Å². The van der Waals surface area contributed by atoms with Gasteiger partial charge in [0, 0.05) is 6.04 Å². The fourth-order valence-electron chi connectivity index (χ4n) is 2.15. The van der Waals surface area contributed by atoms with E-state index < -0.39 is 0 Å². The van der Waals surface area contributed by atoms with Crippen LogP contribution in [0.2, 0.25) is 0 Å². The van der Waals surface area contributed by atoms with Gasteiger partial charge in [0.2, 0.25) is 0 Å². The highest BCUT2D eigenvalue weighted by molar-refractivity contribution is 5.91. The molecule has 1 saturated heterocycles. The van der Waals surface area contributed by atoms with Crippen LogP contribution in [-0.2, 0) is 4.74 Å². The van der Waals surface area contributed by atoms with Crippen molar-refractivity contribution in [3.63, 3.8) is 0 Å². The molecule has 1 aliphatic rings. The van der Waals surface area contributed by atoms with Crippen LogP contribution in [0.3, 0.4) is 0 Å². The van der Waals surface area contributed by atoms with E-state index in [1.54, 1.807) is 0 Å². The van der Waals surface area contributed by atoms with Crippen molar-refractivity contribution in [1.29, 1.82) is 0 Å². The smallest absolute Gasteiger partial charge is 0.338 e. The maximum Gasteiger partial charge on any atom is 0.338 e. The molecule has 86 valence electrons. The molecular weight excluding hydrogens is 202 g/mol. The lowest BCUT2D eigenvalue weighted by Gasteiger charge is -2.14. The van der Waals surface area contributed by atoms with Crippen molar-refractivity contribution in [2.24, 2.45) is 0 Å². The zero-order valence-corrected chi connectivity index (χ0v) is 9.53. The summed E-state index contributed by atoms with van der Waals surface area (Å²) >= 11 is 0. The van der Waals surface area contributed by atoms with Gasteiger partial charge in [-0.1, -0.05) is 18.2 Å². The van der Waals surface area contributed by atoms with Gasteiger partial charge in [0.25, 0.3) is 0 Å². The van der Waals surface area contributed by atoms with Crippen LogP contribution in [0.15, 0.2) is 24.3 Å². The normalized spacial score (nSPS) is 19.7. The number of ether oxygens (including phenoxy) is 1. The van der Waals surface area contributed by atoms with E-state index in [1.807, 2.05) is 31.2 Å². The van der Waals surface area contributed by atoms with Crippen LogP contribution in [-0.4, -0.2) is 19.1 Å². The van der Waals surface area contributed by atoms with Gasteiger partial charge in [-0.25, -0.2) is 4.79 Å². The SMILES string of the molecule is CCOC(=O)c1ccccc1C1CCCN1. The molecule has 1 aromatic carbocycles. The first-order chi connectivity index (χ1) is 7.83. The van der Waals surface area contributed by atoms with Crippen LogP contribution in [0.1, 0.15) is 41.7 Å². The number of rotatable bonds is 3. The predicted octanol–water partition coefficient (Wildman–Crippen LogP) is 2.29. The molecule has 0 saturated carbocycles. The van der Waals surface area contributed by atoms with Crippen molar-refractivity contribution < 1.29 is 9.53 Å². The molecule has 1 aromatic rings. The number of hydrogen-bond acceptors (Lipinski definition) is 3. The van der Waals surface area contributed by atoms with Crippen LogP contribution in [0, 0.1) is 0 Å². The summed E-state index contributed by atoms with van der Waals surface area (Å²) in [6, 6.07) is 8.01. The molecule has 0 amide bonds. The van der Waals surface area contributed by atoms with E-state index in [0.29, 0.717) is 18.2 Å². The van der Waals surface area contributed by atoms with Crippen LogP contribution < -0.4 is 5.32 Å². The van der Waals surface area contributed by atoms with E-state index in [0.717, 1.165) is 18.5 Å². The minimum atomic E-state index is -0.216. The molecular formula is C13H17NO2. The summed E-state index contributed by atoms with van der Waals surface area (Å²) in [4.78, 5) is 11.8. The van der Waals surface area contributed by atoms with E-state index in [-0.39, 0.29) is 5.97 Å². The molecule has 1 unspecified atom stereocenters. The van der Waals surface area contributed by atoms with Gasteiger partial charge >= 0.3 is 5.97 Å². The Morgan fingerprint density at radius 2 is 2.31 bits per heavy atom. The lowest BCUT2D eigenvalue weighted by atomic mass is 9.99. The molecule has 0 aromatic heterocycles. The maximum absolute atomic E-state index is 11.8. The minimum Gasteiger partial charge on any atom is -0.462 e. The molecule has 0 bridgehead atoms. The second-order valence-corrected chi connectivity index (χ2v) is 3.96. The van der Waals surface area contributed by atoms with E-state index in [4.69, 9.17) is 4.74 Å². The summed E-state index contributed by atoms with van der Waals surface area (Å²) < 4.78 is 5.06. The van der Waals surface area contributed by atoms with Gasteiger partial charge in [0.05, 0.1) is 12.2 Å². The Balaban J connectivity index is 2.26. The number of nitrogens with one attached hydrogen (secondary N) is 1. The molecule has 3 heteroatoms. The average molecular weight is 219 g/mol. The Labute approximate surface area is 95.8 Å². The molecule has 0 spiro atoms. The molecule has 0 radical (unpaired) electrons. The molecule has 1 aliphatic heterocycles. The Hall–Kier alpha value is -1.35. The van der Waals surface area contributed by atoms with Gasteiger partial charge in [0.1, 0.15) is 0 Å². The van der Waals surface area contributed by atoms with Crippen molar-refractivity contribution >= 4 is 5.97 Å². The lowest BCUT2D eigenvalue weighted by Crippen LogP contribution is -2.17. The van der Waals surface area contributed by atoms with Gasteiger partial charge in [0.15, 0.2) is 0 Å². The highest BCUT2D eigenvalue weighted by Crippen LogP contribution is 2.26. The number of carbonyl (C=O) groups is 1. The highest BCUT2D eigenvalue weighted by Gasteiger charge is 2.21. The average Bonchev–Trinajstić information content (AvgIpc) is 2.83. The standard InChI is InChI=1S/C13H17NO2/c1-2-16-13(15)11-7-4-3-6-10(11)12-8-5-9-14-12/h3-4,6-7,12,14H,2,5,8-9H2,1H3. The van der Waals surface area contributed by atoms with E-state index in [2.05, 4.69) is 5.32 Å². The Morgan fingerprint density at radius 1 is 1.50 bits per heavy atom. The topological polar surface area (TPSA) is 38.3 Å². The Bertz CT molecular complexity index is 370. The summed E-state index contributed by atoms with van der Waals surface area (Å²) in [6.45, 7) is 3.28. The molecule has 1 atom stereocenters. The summed E-state index contributed by atoms with van der Waals surface area (Å²) in [7, 11) is 0. The first-order valence-corrected chi connectivity index (χ1v) is 5.82. The van der Waals surface area contributed by atoms with Gasteiger partial charge in [-0.15, -0.1) is 0 Å². The van der Waals surface area contributed by atoms with Gasteiger partial charge < -0.3 is 10.1 Å². The number of carbonyl (C=O) groups excluding carboxylic acids is 1. The molecule has 16 heavy (non-hydrogen) atoms. The number of hydrogen-bond donors (Lipinski definition) is 1. The van der Waals surface area contributed by atoms with Crippen LogP contribution >= 0.6 is 0 Å². The first-order valence-electron chi connectivity index (χ1n) is 5.82. The molecule has 1 heterocycles. The van der Waals surface area contributed by atoms with Crippen LogP contribution in [0.5, 0.6) is 0 Å². The molecule has 1 N–H and O–H groups in total. The number of esters is 1. The third-order valence-corrected chi connectivity index (χ3v) is 2.89. The predicted molar refractivity (Wildman–Crippen MR) is 62.4 cm³/mol. The van der Waals surface area contributed by atoms with Crippen LogP contribution in [0.4, 0.5) is 0 Å². The molecule has 2 rings (SSSR count). The van der Waals surface area contributed by atoms with Crippen LogP contribution in [0.25, 0.3) is 0 Å². The summed E-state index contributed by atoms with van der Waals surface area (Å²) in [5.74, 6) is -0.216. The van der Waals surface area contributed by atoms with E-state index in [1.165, 1.54) is 6.42 Å². The van der Waals surface area contributed by atoms with Crippen molar-refractivity contribution in [2.75, 3.05) is 13.2 Å². The third kappa shape index (κ3) is 2.25. The Morgan fingerprint density at radius 3 is 3.00 bits per heavy atom. The van der Waals surface area contributed by atoms with Gasteiger partial charge in [-0.05, 0) is 37.9 Å². The summed E-state index contributed by atoms with van der Waals surface area (Å²) in [6.07, 6.45) is 2.26. The first kappa shape index (κ1) is 11.1. The zero-order chi connectivity index (χ0) is 11.4. The largest absolute Gasteiger partial charge is 0.462 e. The van der Waals surface area contributed by atoms with Crippen molar-refractivity contribution in [3.8, 4) is 0 Å². The summed E-state index contributed by atoms with van der Waals surface area (Å²) in [5, 5.41) is 3.40. The summed E-state index contributed by atoms with van der Waals surface area (Å²) in [5.41, 5.74) is 1.77. The van der Waals surface area contributed by atoms with Crippen molar-refractivity contribution in [2.45, 2.75) is 25.8 Å². The lowest BCUT2D eigenvalue weighted by molar-refractivity contribution is 0.0524. The zero-order valence-electron chi connectivity index (χ0n) is 9.53. The Kier molecular flexibility index (Phi) is 3.57. The molecule has 0 aliphatic carbocycles. The third-order valence-electron chi connectivity index (χ3n) is 2.89. The fraction of sp³-hybridized carbons (Fsp3) is 0.462. The quantitative estimate of drug-likeness (QED) is 0.793. The fourth-order valence-corrected chi connectivity index (χ4v) is 2.15. The van der Waals surface area contributed by atoms with E-state index in [9.17, 15) is 4.79 Å². The monoisotopic (exact) mass is 219 g/mol. The number of benzene rings is 1. The molecule has 1 fully saturated rings. The minimum absolute atomic E-state index is 0.216. The van der Waals surface area contributed by atoms with Gasteiger partial charge in [-0.2, -0.15) is 0 Å². The second kappa shape index (κ2) is 5.12. The van der Waals surface area contributed by atoms with Gasteiger partial charge in [-0.3, -0.25) is 0 Å². The second-order valence-electron chi connectivity index (χ2n) is 3.96. The molecule has 3 nitrogen and oxygen atoms in total. The van der Waals surface area contributed by atoms with Crippen molar-refractivity contribution in [1.82, 2.24) is 5.32 Å².